The molecule has 28 heavy (non-hydrogen) atoms. The van der Waals surface area contributed by atoms with Crippen molar-refractivity contribution >= 4 is 23.3 Å². The average Bonchev–Trinajstić information content (AvgIpc) is 2.72. The molecule has 0 bridgehead atoms. The molecule has 1 aliphatic carbocycles. The Labute approximate surface area is 168 Å². The first-order valence-electron chi connectivity index (χ1n) is 8.86. The van der Waals surface area contributed by atoms with Gasteiger partial charge >= 0.3 is 0 Å². The summed E-state index contributed by atoms with van der Waals surface area (Å²) in [6, 6.07) is 17.3. The molecule has 2 aromatic carbocycles. The van der Waals surface area contributed by atoms with Gasteiger partial charge in [0.15, 0.2) is 0 Å². The molecule has 0 amide bonds. The normalized spacial score (nSPS) is 16.0. The second-order valence-electron chi connectivity index (χ2n) is 6.50. The van der Waals surface area contributed by atoms with Crippen molar-refractivity contribution in [2.45, 2.75) is 17.4 Å². The van der Waals surface area contributed by atoms with Crippen molar-refractivity contribution in [2.24, 2.45) is 0 Å². The Morgan fingerprint density at radius 2 is 1.79 bits per heavy atom. The lowest BCUT2D eigenvalue weighted by Crippen LogP contribution is -2.33. The number of nitrogens with one attached hydrogen (secondary N) is 3. The third kappa shape index (κ3) is 5.28. The van der Waals surface area contributed by atoms with E-state index in [9.17, 15) is 10.1 Å². The maximum Gasteiger partial charge on any atom is 0.266 e. The number of nitro groups is 1. The Morgan fingerprint density at radius 1 is 1.07 bits per heavy atom. The minimum Gasteiger partial charge on any atom is -0.378 e. The second kappa shape index (κ2) is 9.29. The molecular weight excluding hydrogens is 374 g/mol. The van der Waals surface area contributed by atoms with E-state index in [1.54, 1.807) is 6.08 Å². The van der Waals surface area contributed by atoms with Crippen LogP contribution in [0.15, 0.2) is 83.0 Å². The number of anilines is 2. The zero-order chi connectivity index (χ0) is 19.9. The minimum atomic E-state index is -0.356. The van der Waals surface area contributed by atoms with Gasteiger partial charge < -0.3 is 15.8 Å². The van der Waals surface area contributed by atoms with Gasteiger partial charge in [-0.15, -0.1) is 0 Å². The van der Waals surface area contributed by atoms with E-state index in [0.29, 0.717) is 12.1 Å². The maximum atomic E-state index is 11.5. The molecule has 1 aliphatic rings. The molecule has 0 saturated carbocycles. The van der Waals surface area contributed by atoms with E-state index in [-0.39, 0.29) is 16.7 Å². The van der Waals surface area contributed by atoms with Crippen LogP contribution in [-0.2, 0) is 0 Å². The second-order valence-corrected chi connectivity index (χ2v) is 7.41. The van der Waals surface area contributed by atoms with Crippen LogP contribution in [0, 0.1) is 10.1 Å². The first-order chi connectivity index (χ1) is 13.5. The van der Waals surface area contributed by atoms with Gasteiger partial charge in [-0.1, -0.05) is 24.3 Å². The Morgan fingerprint density at radius 3 is 2.43 bits per heavy atom. The molecule has 3 rings (SSSR count). The van der Waals surface area contributed by atoms with Crippen molar-refractivity contribution < 1.29 is 4.92 Å². The van der Waals surface area contributed by atoms with Crippen LogP contribution in [0.25, 0.3) is 0 Å². The largest absolute Gasteiger partial charge is 0.378 e. The highest BCUT2D eigenvalue weighted by molar-refractivity contribution is 7.97. The van der Waals surface area contributed by atoms with E-state index in [1.165, 1.54) is 11.9 Å². The van der Waals surface area contributed by atoms with E-state index >= 15 is 0 Å². The third-order valence-corrected chi connectivity index (χ3v) is 5.15. The fraction of sp³-hybridized carbons (Fsp3) is 0.200. The van der Waals surface area contributed by atoms with E-state index in [0.717, 1.165) is 16.3 Å². The van der Waals surface area contributed by atoms with Crippen molar-refractivity contribution in [3.05, 3.63) is 88.3 Å². The molecule has 1 unspecified atom stereocenters. The van der Waals surface area contributed by atoms with Crippen LogP contribution in [0.1, 0.15) is 6.42 Å². The molecule has 0 spiro atoms. The number of benzene rings is 2. The average molecular weight is 398 g/mol. The topological polar surface area (TPSA) is 82.5 Å². The number of hydrogen-bond donors (Lipinski definition) is 3. The summed E-state index contributed by atoms with van der Waals surface area (Å²) in [7, 11) is 3.97. The summed E-state index contributed by atoms with van der Waals surface area (Å²) in [6.07, 6.45) is 4.03. The lowest BCUT2D eigenvalue weighted by Gasteiger charge is -2.20. The van der Waals surface area contributed by atoms with Crippen LogP contribution >= 0.6 is 11.9 Å². The minimum absolute atomic E-state index is 0.137. The Balaban J connectivity index is 1.59. The molecule has 8 heteroatoms. The van der Waals surface area contributed by atoms with E-state index < -0.39 is 0 Å². The van der Waals surface area contributed by atoms with Gasteiger partial charge in [0, 0.05) is 30.8 Å². The van der Waals surface area contributed by atoms with Gasteiger partial charge in [-0.25, -0.2) is 4.72 Å². The number of hydrazine groups is 1. The quantitative estimate of drug-likeness (QED) is 0.355. The molecule has 0 heterocycles. The predicted molar refractivity (Wildman–Crippen MR) is 115 cm³/mol. The van der Waals surface area contributed by atoms with Gasteiger partial charge in [-0.3, -0.25) is 10.1 Å². The molecule has 1 atom stereocenters. The summed E-state index contributed by atoms with van der Waals surface area (Å²) in [5.74, 6) is 0. The van der Waals surface area contributed by atoms with Gasteiger partial charge in [-0.2, -0.15) is 0 Å². The van der Waals surface area contributed by atoms with Crippen molar-refractivity contribution in [2.75, 3.05) is 24.4 Å². The van der Waals surface area contributed by atoms with Crippen molar-refractivity contribution in [1.82, 2.24) is 10.1 Å². The molecule has 0 saturated heterocycles. The van der Waals surface area contributed by atoms with Crippen molar-refractivity contribution in [3.63, 3.8) is 0 Å². The highest BCUT2D eigenvalue weighted by Gasteiger charge is 2.27. The SMILES string of the molecule is CN(C)c1ccc(NNC2=CCC(NSc3ccccc3)C([N+](=O)[O-])=C2)cc1. The van der Waals surface area contributed by atoms with Crippen molar-refractivity contribution in [1.29, 1.82) is 0 Å². The van der Waals surface area contributed by atoms with Crippen LogP contribution < -0.4 is 20.5 Å². The highest BCUT2D eigenvalue weighted by atomic mass is 32.2. The van der Waals surface area contributed by atoms with E-state index in [4.69, 9.17) is 0 Å². The molecule has 3 N–H and O–H groups in total. The summed E-state index contributed by atoms with van der Waals surface area (Å²) < 4.78 is 3.19. The molecule has 146 valence electrons. The highest BCUT2D eigenvalue weighted by Crippen LogP contribution is 2.23. The lowest BCUT2D eigenvalue weighted by molar-refractivity contribution is -0.430. The number of nitrogens with zero attached hydrogens (tertiary/aromatic N) is 2. The van der Waals surface area contributed by atoms with Gasteiger partial charge in [0.05, 0.1) is 16.3 Å². The Kier molecular flexibility index (Phi) is 6.57. The summed E-state index contributed by atoms with van der Waals surface area (Å²) in [6.45, 7) is 0. The van der Waals surface area contributed by atoms with Crippen LogP contribution in [-0.4, -0.2) is 25.1 Å². The van der Waals surface area contributed by atoms with Gasteiger partial charge in [-0.05, 0) is 54.8 Å². The summed E-state index contributed by atoms with van der Waals surface area (Å²) in [4.78, 5) is 14.2. The standard InChI is InChI=1S/C20H23N5O2S/c1-24(2)17-11-8-15(9-12-17)21-22-16-10-13-19(20(14-16)25(26)27)23-28-18-6-4-3-5-7-18/h3-12,14,19,21-23H,13H2,1-2H3. The Hall–Kier alpha value is -2.97. The summed E-state index contributed by atoms with van der Waals surface area (Å²) in [5, 5.41) is 11.5. The Bertz CT molecular complexity index is 866. The first-order valence-corrected chi connectivity index (χ1v) is 9.67. The third-order valence-electron chi connectivity index (χ3n) is 4.24. The van der Waals surface area contributed by atoms with Crippen molar-refractivity contribution in [3.8, 4) is 0 Å². The van der Waals surface area contributed by atoms with E-state index in [1.807, 2.05) is 79.7 Å². The lowest BCUT2D eigenvalue weighted by atomic mass is 10.0. The van der Waals surface area contributed by atoms with Gasteiger partial charge in [0.2, 0.25) is 0 Å². The monoisotopic (exact) mass is 397 g/mol. The molecule has 0 radical (unpaired) electrons. The smallest absolute Gasteiger partial charge is 0.266 e. The molecule has 7 nitrogen and oxygen atoms in total. The molecular formula is C20H23N5O2S. The predicted octanol–water partition coefficient (Wildman–Crippen LogP) is 3.78. The molecule has 2 aromatic rings. The van der Waals surface area contributed by atoms with Crippen LogP contribution in [0.3, 0.4) is 0 Å². The molecule has 0 aliphatic heterocycles. The maximum absolute atomic E-state index is 11.5. The zero-order valence-corrected chi connectivity index (χ0v) is 16.6. The summed E-state index contributed by atoms with van der Waals surface area (Å²) >= 11 is 1.40. The molecule has 0 fully saturated rings. The van der Waals surface area contributed by atoms with Crippen LogP contribution in [0.2, 0.25) is 0 Å². The number of allylic oxidation sites excluding steroid dienone is 1. The number of hydrogen-bond acceptors (Lipinski definition) is 7. The number of rotatable bonds is 8. The van der Waals surface area contributed by atoms with Crippen LogP contribution in [0.5, 0.6) is 0 Å². The van der Waals surface area contributed by atoms with E-state index in [2.05, 4.69) is 15.6 Å². The summed E-state index contributed by atoms with van der Waals surface area (Å²) in [5.41, 5.74) is 8.92. The fourth-order valence-electron chi connectivity index (χ4n) is 2.67. The van der Waals surface area contributed by atoms with Crippen LogP contribution in [0.4, 0.5) is 11.4 Å². The van der Waals surface area contributed by atoms with Gasteiger partial charge in [0.1, 0.15) is 6.04 Å². The molecule has 0 aromatic heterocycles. The fourth-order valence-corrected chi connectivity index (χ4v) is 3.46. The zero-order valence-electron chi connectivity index (χ0n) is 15.8. The first kappa shape index (κ1) is 19.8. The van der Waals surface area contributed by atoms with Gasteiger partial charge in [0.25, 0.3) is 5.70 Å².